The minimum atomic E-state index is -0.0753. The SMILES string of the molecule is CC1(C)CCC(c2ccc(OCc3ccccn3)cc2)(c2ccc(C(=O)NCc3ccccc3)cc2)CC1. The highest BCUT2D eigenvalue weighted by molar-refractivity contribution is 5.94. The molecule has 1 N–H and O–H groups in total. The zero-order chi connectivity index (χ0) is 26.4. The maximum Gasteiger partial charge on any atom is 0.251 e. The second-order valence-electron chi connectivity index (χ2n) is 11.1. The number of aromatic nitrogens is 1. The number of hydrogen-bond acceptors (Lipinski definition) is 3. The highest BCUT2D eigenvalue weighted by atomic mass is 16.5. The summed E-state index contributed by atoms with van der Waals surface area (Å²) in [4.78, 5) is 17.2. The fourth-order valence-corrected chi connectivity index (χ4v) is 5.43. The zero-order valence-corrected chi connectivity index (χ0v) is 22.3. The monoisotopic (exact) mass is 504 g/mol. The van der Waals surface area contributed by atoms with Crippen LogP contribution in [-0.4, -0.2) is 10.9 Å². The molecule has 1 fully saturated rings. The Morgan fingerprint density at radius 1 is 0.789 bits per heavy atom. The van der Waals surface area contributed by atoms with Gasteiger partial charge in [-0.3, -0.25) is 9.78 Å². The van der Waals surface area contributed by atoms with E-state index in [1.807, 2.05) is 60.7 Å². The molecule has 1 saturated carbocycles. The fraction of sp³-hybridized carbons (Fsp3) is 0.294. The molecule has 1 amide bonds. The zero-order valence-electron chi connectivity index (χ0n) is 22.3. The van der Waals surface area contributed by atoms with Gasteiger partial charge in [0.1, 0.15) is 12.4 Å². The van der Waals surface area contributed by atoms with Gasteiger partial charge >= 0.3 is 0 Å². The molecule has 0 bridgehead atoms. The molecule has 0 aliphatic heterocycles. The third-order valence-electron chi connectivity index (χ3n) is 7.97. The van der Waals surface area contributed by atoms with Gasteiger partial charge in [-0.05, 0) is 84.2 Å². The minimum Gasteiger partial charge on any atom is -0.487 e. The summed E-state index contributed by atoms with van der Waals surface area (Å²) in [7, 11) is 0. The molecule has 4 nitrogen and oxygen atoms in total. The molecular weight excluding hydrogens is 468 g/mol. The minimum absolute atomic E-state index is 0.0476. The summed E-state index contributed by atoms with van der Waals surface area (Å²) in [6.45, 7) is 5.71. The van der Waals surface area contributed by atoms with Crippen LogP contribution in [0.4, 0.5) is 0 Å². The number of carbonyl (C=O) groups excluding carboxylic acids is 1. The molecule has 0 radical (unpaired) electrons. The summed E-state index contributed by atoms with van der Waals surface area (Å²) in [5.41, 5.74) is 5.54. The summed E-state index contributed by atoms with van der Waals surface area (Å²) in [5.74, 6) is 0.796. The Balaban J connectivity index is 1.33. The lowest BCUT2D eigenvalue weighted by Crippen LogP contribution is -2.36. The Kier molecular flexibility index (Phi) is 7.59. The molecule has 0 unspecified atom stereocenters. The molecule has 0 spiro atoms. The van der Waals surface area contributed by atoms with Crippen molar-refractivity contribution in [3.63, 3.8) is 0 Å². The van der Waals surface area contributed by atoms with E-state index in [2.05, 4.69) is 60.5 Å². The van der Waals surface area contributed by atoms with Crippen molar-refractivity contribution in [2.24, 2.45) is 5.41 Å². The smallest absolute Gasteiger partial charge is 0.251 e. The number of carbonyl (C=O) groups is 1. The maximum atomic E-state index is 12.8. The van der Waals surface area contributed by atoms with Crippen LogP contribution in [-0.2, 0) is 18.6 Å². The Bertz CT molecular complexity index is 1320. The molecule has 1 aliphatic rings. The van der Waals surface area contributed by atoms with E-state index in [1.54, 1.807) is 6.20 Å². The number of rotatable bonds is 8. The normalized spacial score (nSPS) is 15.9. The van der Waals surface area contributed by atoms with Crippen molar-refractivity contribution in [1.29, 1.82) is 0 Å². The third-order valence-corrected chi connectivity index (χ3v) is 7.97. The predicted molar refractivity (Wildman–Crippen MR) is 152 cm³/mol. The molecule has 38 heavy (non-hydrogen) atoms. The molecule has 0 saturated heterocycles. The summed E-state index contributed by atoms with van der Waals surface area (Å²) in [6, 6.07) is 32.7. The molecule has 5 rings (SSSR count). The molecular formula is C34H36N2O2. The lowest BCUT2D eigenvalue weighted by Gasteiger charge is -2.44. The Labute approximate surface area is 226 Å². The third kappa shape index (κ3) is 5.96. The molecule has 0 atom stereocenters. The molecule has 1 heterocycles. The van der Waals surface area contributed by atoms with Gasteiger partial charge in [0.15, 0.2) is 0 Å². The number of amides is 1. The standard InChI is InChI=1S/C34H36N2O2/c1-33(2)19-21-34(22-20-33,29-15-17-31(18-16-29)38-25-30-10-6-7-23-35-30)28-13-11-27(12-14-28)32(37)36-24-26-8-4-3-5-9-26/h3-18,23H,19-22,24-25H2,1-2H3,(H,36,37). The predicted octanol–water partition coefficient (Wildman–Crippen LogP) is 7.48. The first-order valence-corrected chi connectivity index (χ1v) is 13.5. The van der Waals surface area contributed by atoms with Gasteiger partial charge in [0.05, 0.1) is 5.69 Å². The first-order valence-electron chi connectivity index (χ1n) is 13.5. The summed E-state index contributed by atoms with van der Waals surface area (Å²) < 4.78 is 6.00. The van der Waals surface area contributed by atoms with Crippen molar-refractivity contribution in [1.82, 2.24) is 10.3 Å². The van der Waals surface area contributed by atoms with E-state index < -0.39 is 0 Å². The van der Waals surface area contributed by atoms with Crippen molar-refractivity contribution in [2.45, 2.75) is 58.1 Å². The first-order chi connectivity index (χ1) is 18.4. The van der Waals surface area contributed by atoms with Gasteiger partial charge in [0.2, 0.25) is 0 Å². The summed E-state index contributed by atoms with van der Waals surface area (Å²) in [5, 5.41) is 3.04. The van der Waals surface area contributed by atoms with Gasteiger partial charge < -0.3 is 10.1 Å². The maximum absolute atomic E-state index is 12.8. The largest absolute Gasteiger partial charge is 0.487 e. The molecule has 1 aromatic heterocycles. The van der Waals surface area contributed by atoms with Gasteiger partial charge in [-0.2, -0.15) is 0 Å². The van der Waals surface area contributed by atoms with E-state index in [0.717, 1.165) is 42.7 Å². The lowest BCUT2D eigenvalue weighted by atomic mass is 9.59. The molecule has 194 valence electrons. The van der Waals surface area contributed by atoms with Gasteiger partial charge in [0, 0.05) is 23.7 Å². The number of hydrogen-bond donors (Lipinski definition) is 1. The van der Waals surface area contributed by atoms with Gasteiger partial charge in [-0.15, -0.1) is 0 Å². The fourth-order valence-electron chi connectivity index (χ4n) is 5.43. The van der Waals surface area contributed by atoms with E-state index in [1.165, 1.54) is 11.1 Å². The van der Waals surface area contributed by atoms with Crippen LogP contribution in [0.1, 0.15) is 72.3 Å². The van der Waals surface area contributed by atoms with Gasteiger partial charge in [0.25, 0.3) is 5.91 Å². The first kappa shape index (κ1) is 25.7. The Morgan fingerprint density at radius 3 is 2.05 bits per heavy atom. The molecule has 4 aromatic rings. The van der Waals surface area contributed by atoms with E-state index in [-0.39, 0.29) is 11.3 Å². The summed E-state index contributed by atoms with van der Waals surface area (Å²) in [6.07, 6.45) is 6.25. The Morgan fingerprint density at radius 2 is 1.42 bits per heavy atom. The molecule has 4 heteroatoms. The van der Waals surface area contributed by atoms with Crippen molar-refractivity contribution < 1.29 is 9.53 Å². The van der Waals surface area contributed by atoms with E-state index in [9.17, 15) is 4.79 Å². The highest BCUT2D eigenvalue weighted by Crippen LogP contribution is 2.50. The van der Waals surface area contributed by atoms with Crippen LogP contribution in [0.15, 0.2) is 103 Å². The average Bonchev–Trinajstić information content (AvgIpc) is 2.97. The van der Waals surface area contributed by atoms with Crippen LogP contribution in [0, 0.1) is 5.41 Å². The highest BCUT2D eigenvalue weighted by Gasteiger charge is 2.41. The number of nitrogens with one attached hydrogen (secondary N) is 1. The second-order valence-corrected chi connectivity index (χ2v) is 11.1. The topological polar surface area (TPSA) is 51.2 Å². The number of nitrogens with zero attached hydrogens (tertiary/aromatic N) is 1. The Hall–Kier alpha value is -3.92. The van der Waals surface area contributed by atoms with Crippen LogP contribution in [0.2, 0.25) is 0 Å². The van der Waals surface area contributed by atoms with Crippen molar-refractivity contribution in [3.05, 3.63) is 131 Å². The van der Waals surface area contributed by atoms with Crippen LogP contribution < -0.4 is 10.1 Å². The molecule has 3 aromatic carbocycles. The van der Waals surface area contributed by atoms with Crippen LogP contribution >= 0.6 is 0 Å². The van der Waals surface area contributed by atoms with Crippen LogP contribution in [0.5, 0.6) is 5.75 Å². The van der Waals surface area contributed by atoms with Gasteiger partial charge in [-0.1, -0.05) is 74.5 Å². The number of ether oxygens (including phenoxy) is 1. The second kappa shape index (κ2) is 11.2. The van der Waals surface area contributed by atoms with Crippen LogP contribution in [0.3, 0.4) is 0 Å². The van der Waals surface area contributed by atoms with E-state index >= 15 is 0 Å². The van der Waals surface area contributed by atoms with Crippen molar-refractivity contribution in [3.8, 4) is 5.75 Å². The van der Waals surface area contributed by atoms with Crippen molar-refractivity contribution in [2.75, 3.05) is 0 Å². The van der Waals surface area contributed by atoms with E-state index in [0.29, 0.717) is 24.1 Å². The summed E-state index contributed by atoms with van der Waals surface area (Å²) >= 11 is 0. The van der Waals surface area contributed by atoms with Gasteiger partial charge in [-0.25, -0.2) is 0 Å². The quantitative estimate of drug-likeness (QED) is 0.271. The van der Waals surface area contributed by atoms with Crippen molar-refractivity contribution >= 4 is 5.91 Å². The number of benzene rings is 3. The molecule has 1 aliphatic carbocycles. The van der Waals surface area contributed by atoms with Crippen LogP contribution in [0.25, 0.3) is 0 Å². The van der Waals surface area contributed by atoms with E-state index in [4.69, 9.17) is 4.74 Å². The lowest BCUT2D eigenvalue weighted by molar-refractivity contribution is 0.0951. The number of pyridine rings is 1. The average molecular weight is 505 g/mol.